The summed E-state index contributed by atoms with van der Waals surface area (Å²) in [6.45, 7) is 3.94. The van der Waals surface area contributed by atoms with Gasteiger partial charge in [-0.3, -0.25) is 9.97 Å². The molecular formula is C23H17F2N5. The van der Waals surface area contributed by atoms with E-state index in [-0.39, 0.29) is 5.56 Å². The lowest BCUT2D eigenvalue weighted by molar-refractivity contribution is 0.514. The zero-order valence-corrected chi connectivity index (χ0v) is 16.3. The molecule has 0 aromatic carbocycles. The van der Waals surface area contributed by atoms with Crippen molar-refractivity contribution in [3.05, 3.63) is 89.6 Å². The topological polar surface area (TPSA) is 78.2 Å². The van der Waals surface area contributed by atoms with Gasteiger partial charge in [0, 0.05) is 11.6 Å². The van der Waals surface area contributed by atoms with Crippen LogP contribution in [0.3, 0.4) is 0 Å². The van der Waals surface area contributed by atoms with Gasteiger partial charge in [-0.1, -0.05) is 12.1 Å². The summed E-state index contributed by atoms with van der Waals surface area (Å²) in [5.74, 6) is -1.78. The molecule has 0 aliphatic rings. The lowest BCUT2D eigenvalue weighted by atomic mass is 9.84. The molecule has 4 rings (SSSR count). The van der Waals surface area contributed by atoms with Crippen molar-refractivity contribution < 1.29 is 8.78 Å². The molecule has 0 aliphatic carbocycles. The largest absolute Gasteiger partial charge is 0.359 e. The minimum Gasteiger partial charge on any atom is -0.359 e. The van der Waals surface area contributed by atoms with Crippen LogP contribution >= 0.6 is 0 Å². The van der Waals surface area contributed by atoms with E-state index in [9.17, 15) is 8.78 Å². The van der Waals surface area contributed by atoms with E-state index >= 15 is 0 Å². The van der Waals surface area contributed by atoms with Crippen LogP contribution in [0.15, 0.2) is 60.8 Å². The first kappa shape index (κ1) is 19.4. The predicted molar refractivity (Wildman–Crippen MR) is 108 cm³/mol. The molecule has 0 atom stereocenters. The lowest BCUT2D eigenvalue weighted by Gasteiger charge is -2.24. The number of nitriles is 1. The van der Waals surface area contributed by atoms with Crippen molar-refractivity contribution in [2.24, 2.45) is 0 Å². The van der Waals surface area contributed by atoms with Gasteiger partial charge in [0.05, 0.1) is 39.6 Å². The minimum atomic E-state index is -0.905. The Labute approximate surface area is 172 Å². The van der Waals surface area contributed by atoms with E-state index in [1.54, 1.807) is 24.4 Å². The zero-order chi connectivity index (χ0) is 21.3. The third kappa shape index (κ3) is 3.55. The van der Waals surface area contributed by atoms with Crippen LogP contribution in [0.1, 0.15) is 30.8 Å². The van der Waals surface area contributed by atoms with E-state index in [2.05, 4.69) is 21.0 Å². The van der Waals surface area contributed by atoms with Crippen molar-refractivity contribution in [3.8, 4) is 28.7 Å². The van der Waals surface area contributed by atoms with E-state index < -0.39 is 17.3 Å². The first-order valence-corrected chi connectivity index (χ1v) is 9.25. The monoisotopic (exact) mass is 401 g/mol. The molecule has 0 radical (unpaired) electrons. The van der Waals surface area contributed by atoms with Gasteiger partial charge >= 0.3 is 0 Å². The summed E-state index contributed by atoms with van der Waals surface area (Å²) in [4.78, 5) is 15.7. The molecule has 0 aliphatic heterocycles. The predicted octanol–water partition coefficient (Wildman–Crippen LogP) is 5.01. The molecule has 148 valence electrons. The summed E-state index contributed by atoms with van der Waals surface area (Å²) in [6.07, 6.45) is 1.63. The molecule has 4 aromatic heterocycles. The maximum atomic E-state index is 14.1. The normalized spacial score (nSPS) is 11.3. The Morgan fingerprint density at radius 2 is 1.57 bits per heavy atom. The minimum absolute atomic E-state index is 0.131. The van der Waals surface area contributed by atoms with Crippen molar-refractivity contribution in [2.75, 3.05) is 0 Å². The van der Waals surface area contributed by atoms with Crippen LogP contribution in [-0.2, 0) is 5.41 Å². The molecule has 1 N–H and O–H groups in total. The van der Waals surface area contributed by atoms with E-state index in [4.69, 9.17) is 10.2 Å². The Morgan fingerprint density at radius 3 is 2.20 bits per heavy atom. The number of hydrogen-bond acceptors (Lipinski definition) is 4. The Balaban J connectivity index is 1.74. The Morgan fingerprint density at radius 1 is 0.900 bits per heavy atom. The number of rotatable bonds is 4. The average molecular weight is 401 g/mol. The zero-order valence-electron chi connectivity index (χ0n) is 16.3. The van der Waals surface area contributed by atoms with Gasteiger partial charge in [0.1, 0.15) is 6.07 Å². The van der Waals surface area contributed by atoms with Crippen LogP contribution in [0.5, 0.6) is 0 Å². The highest BCUT2D eigenvalue weighted by Gasteiger charge is 2.27. The van der Waals surface area contributed by atoms with Crippen molar-refractivity contribution in [1.82, 2.24) is 19.9 Å². The summed E-state index contributed by atoms with van der Waals surface area (Å²) in [5.41, 5.74) is 3.31. The molecule has 0 saturated carbocycles. The summed E-state index contributed by atoms with van der Waals surface area (Å²) in [6, 6.07) is 17.2. The Bertz CT molecular complexity index is 1270. The van der Waals surface area contributed by atoms with Gasteiger partial charge in [-0.05, 0) is 56.3 Å². The van der Waals surface area contributed by atoms with Crippen LogP contribution in [0.4, 0.5) is 8.78 Å². The highest BCUT2D eigenvalue weighted by atomic mass is 19.1. The van der Waals surface area contributed by atoms with Crippen molar-refractivity contribution in [3.63, 3.8) is 0 Å². The molecule has 0 unspecified atom stereocenters. The fourth-order valence-electron chi connectivity index (χ4n) is 3.21. The van der Waals surface area contributed by atoms with Gasteiger partial charge in [0.2, 0.25) is 11.9 Å². The summed E-state index contributed by atoms with van der Waals surface area (Å²) < 4.78 is 27.3. The third-order valence-corrected chi connectivity index (χ3v) is 4.96. The highest BCUT2D eigenvalue weighted by molar-refractivity contribution is 5.60. The molecule has 4 heterocycles. The van der Waals surface area contributed by atoms with Gasteiger partial charge in [-0.25, -0.2) is 0 Å². The number of hydrogen-bond donors (Lipinski definition) is 1. The molecule has 0 fully saturated rings. The van der Waals surface area contributed by atoms with Gasteiger partial charge in [0.15, 0.2) is 0 Å². The smallest absolute Gasteiger partial charge is 0.224 e. The number of pyridine rings is 3. The molecule has 0 amide bonds. The number of nitrogens with zero attached hydrogens (tertiary/aromatic N) is 4. The molecule has 0 bridgehead atoms. The first-order valence-electron chi connectivity index (χ1n) is 9.25. The maximum absolute atomic E-state index is 14.1. The quantitative estimate of drug-likeness (QED) is 0.488. The molecule has 0 saturated heterocycles. The second-order valence-corrected chi connectivity index (χ2v) is 7.33. The first-order chi connectivity index (χ1) is 14.4. The fraction of sp³-hybridized carbons (Fsp3) is 0.130. The fourth-order valence-corrected chi connectivity index (χ4v) is 3.21. The van der Waals surface area contributed by atoms with Gasteiger partial charge < -0.3 is 4.98 Å². The molecule has 30 heavy (non-hydrogen) atoms. The molecule has 4 aromatic rings. The van der Waals surface area contributed by atoms with Crippen LogP contribution < -0.4 is 0 Å². The van der Waals surface area contributed by atoms with Crippen LogP contribution in [-0.4, -0.2) is 19.9 Å². The lowest BCUT2D eigenvalue weighted by Crippen LogP contribution is -2.22. The summed E-state index contributed by atoms with van der Waals surface area (Å²) in [5, 5.41) is 9.03. The van der Waals surface area contributed by atoms with E-state index in [0.29, 0.717) is 22.6 Å². The average Bonchev–Trinajstić information content (AvgIpc) is 3.23. The summed E-state index contributed by atoms with van der Waals surface area (Å²) in [7, 11) is 0. The number of H-pyrrole nitrogens is 1. The van der Waals surface area contributed by atoms with Gasteiger partial charge in [-0.15, -0.1) is 0 Å². The van der Waals surface area contributed by atoms with E-state index in [0.717, 1.165) is 17.5 Å². The summed E-state index contributed by atoms with van der Waals surface area (Å²) >= 11 is 0. The molecular weight excluding hydrogens is 384 g/mol. The van der Waals surface area contributed by atoms with Crippen molar-refractivity contribution >= 4 is 0 Å². The van der Waals surface area contributed by atoms with Crippen molar-refractivity contribution in [1.29, 1.82) is 5.26 Å². The second kappa shape index (κ2) is 7.48. The van der Waals surface area contributed by atoms with Crippen LogP contribution in [0.25, 0.3) is 22.6 Å². The van der Waals surface area contributed by atoms with Crippen molar-refractivity contribution in [2.45, 2.75) is 19.3 Å². The SMILES string of the molecule is CC(C)(c1cccc(-c2cc(C#N)c[nH]2)n1)c1cccc(-c2ccc(F)nc2F)n1. The number of aromatic amines is 1. The molecule has 7 heteroatoms. The highest BCUT2D eigenvalue weighted by Crippen LogP contribution is 2.32. The Hall–Kier alpha value is -3.92. The van der Waals surface area contributed by atoms with E-state index in [1.165, 1.54) is 6.07 Å². The molecule has 5 nitrogen and oxygen atoms in total. The number of nitrogens with one attached hydrogen (secondary N) is 1. The number of halogens is 2. The van der Waals surface area contributed by atoms with Gasteiger partial charge in [0.25, 0.3) is 0 Å². The Kier molecular flexibility index (Phi) is 4.84. The van der Waals surface area contributed by atoms with Gasteiger partial charge in [-0.2, -0.15) is 19.0 Å². The third-order valence-electron chi connectivity index (χ3n) is 4.96. The standard InChI is InChI=1S/C23H17F2N5/c1-23(2,20-8-4-6-17(29-20)18-11-14(12-26)13-27-18)19-7-3-5-16(28-19)15-9-10-21(24)30-22(15)25/h3-11,13,27H,1-2H3. The van der Waals surface area contributed by atoms with E-state index in [1.807, 2.05) is 38.1 Å². The molecule has 0 spiro atoms. The second-order valence-electron chi connectivity index (χ2n) is 7.33. The van der Waals surface area contributed by atoms with Crippen LogP contribution in [0.2, 0.25) is 0 Å². The van der Waals surface area contributed by atoms with Crippen LogP contribution in [0, 0.1) is 23.2 Å². The number of aromatic nitrogens is 4. The maximum Gasteiger partial charge on any atom is 0.224 e.